The van der Waals surface area contributed by atoms with Crippen LogP contribution in [0.25, 0.3) is 0 Å². The Kier molecular flexibility index (Phi) is 18.5. The Bertz CT molecular complexity index is 1060. The van der Waals surface area contributed by atoms with Crippen molar-refractivity contribution in [3.05, 3.63) is 65.2 Å². The largest absolute Gasteiger partial charge is 0.493 e. The molecule has 0 saturated heterocycles. The minimum Gasteiger partial charge on any atom is -0.493 e. The van der Waals surface area contributed by atoms with Crippen molar-refractivity contribution >= 4 is 40.3 Å². The lowest BCUT2D eigenvalue weighted by atomic mass is 10.1. The first-order valence-electron chi connectivity index (χ1n) is 15.9. The summed E-state index contributed by atoms with van der Waals surface area (Å²) in [5.74, 6) is 2.56. The summed E-state index contributed by atoms with van der Waals surface area (Å²) in [4.78, 5) is 17.1. The van der Waals surface area contributed by atoms with E-state index in [1.54, 1.807) is 18.9 Å². The molecule has 0 aliphatic carbocycles. The smallest absolute Gasteiger partial charge is 0.227 e. The number of carbonyl (C=O) groups is 1. The van der Waals surface area contributed by atoms with E-state index in [2.05, 4.69) is 35.6 Å². The van der Waals surface area contributed by atoms with E-state index in [1.165, 1.54) is 76.2 Å². The van der Waals surface area contributed by atoms with Gasteiger partial charge in [-0.15, -0.1) is 28.7 Å². The topological polar surface area (TPSA) is 42.0 Å². The van der Waals surface area contributed by atoms with Gasteiger partial charge in [0.15, 0.2) is 11.5 Å². The summed E-state index contributed by atoms with van der Waals surface area (Å²) in [6.45, 7) is 6.22. The molecule has 2 aromatic carbocycles. The molecule has 0 fully saturated rings. The van der Waals surface area contributed by atoms with E-state index in [0.29, 0.717) is 19.6 Å². The number of methoxy groups -OCH3 is 1. The highest BCUT2D eigenvalue weighted by Gasteiger charge is 2.17. The number of ether oxygens (including phenoxy) is 2. The molecule has 0 aromatic heterocycles. The predicted octanol–water partition coefficient (Wildman–Crippen LogP) is 10.3. The number of carbonyl (C=O) groups excluding carboxylic acids is 1. The minimum atomic E-state index is 0. The van der Waals surface area contributed by atoms with Crippen LogP contribution in [0.4, 0.5) is 5.69 Å². The highest BCUT2D eigenvalue weighted by molar-refractivity contribution is 8.93. The third-order valence-corrected chi connectivity index (χ3v) is 8.44. The minimum absolute atomic E-state index is 0. The van der Waals surface area contributed by atoms with Gasteiger partial charge in [0.25, 0.3) is 0 Å². The molecule has 0 N–H and O–H groups in total. The van der Waals surface area contributed by atoms with E-state index >= 15 is 0 Å². The number of hydrogen-bond donors (Lipinski definition) is 0. The Hall–Kier alpha value is -2.12. The number of hydrogen-bond acceptors (Lipinski definition) is 5. The first kappa shape index (κ1) is 36.1. The molecule has 1 amide bonds. The predicted molar refractivity (Wildman–Crippen MR) is 185 cm³/mol. The van der Waals surface area contributed by atoms with E-state index in [-0.39, 0.29) is 22.9 Å². The molecule has 1 aliphatic heterocycles. The number of amides is 1. The average Bonchev–Trinajstić information content (AvgIpc) is 3.51. The Balaban J connectivity index is 0.00000616. The molecule has 0 bridgehead atoms. The number of anilines is 1. The maximum absolute atomic E-state index is 13.0. The molecule has 0 spiro atoms. The molecular weight excluding hydrogens is 608 g/mol. The van der Waals surface area contributed by atoms with Gasteiger partial charge in [-0.1, -0.05) is 103 Å². The van der Waals surface area contributed by atoms with Crippen molar-refractivity contribution in [3.8, 4) is 11.5 Å². The van der Waals surface area contributed by atoms with E-state index in [0.717, 1.165) is 41.6 Å². The highest BCUT2D eigenvalue weighted by Crippen LogP contribution is 2.30. The number of thioether (sulfide) groups is 1. The third kappa shape index (κ3) is 13.0. The van der Waals surface area contributed by atoms with Crippen molar-refractivity contribution in [2.75, 3.05) is 24.5 Å². The zero-order valence-corrected chi connectivity index (χ0v) is 28.7. The van der Waals surface area contributed by atoms with Crippen molar-refractivity contribution in [1.29, 1.82) is 0 Å². The van der Waals surface area contributed by atoms with Gasteiger partial charge in [0.2, 0.25) is 5.91 Å². The van der Waals surface area contributed by atoms with Crippen LogP contribution in [0.15, 0.2) is 54.1 Å². The monoisotopic (exact) mass is 660 g/mol. The first-order chi connectivity index (χ1) is 20.1. The summed E-state index contributed by atoms with van der Waals surface area (Å²) in [7, 11) is 1.68. The first-order valence-corrected chi connectivity index (χ1v) is 16.9. The number of rotatable bonds is 21. The summed E-state index contributed by atoms with van der Waals surface area (Å²) in [6.07, 6.45) is 18.5. The number of halogens is 1. The molecule has 0 saturated carbocycles. The van der Waals surface area contributed by atoms with Crippen molar-refractivity contribution in [3.63, 3.8) is 0 Å². The summed E-state index contributed by atoms with van der Waals surface area (Å²) >= 11 is 1.80. The number of unbranched alkanes of at least 4 members (excludes halogenated alkanes) is 11. The van der Waals surface area contributed by atoms with Crippen LogP contribution in [0.5, 0.6) is 11.5 Å². The molecule has 42 heavy (non-hydrogen) atoms. The van der Waals surface area contributed by atoms with Crippen LogP contribution in [-0.4, -0.2) is 30.4 Å². The van der Waals surface area contributed by atoms with Crippen LogP contribution >= 0.6 is 28.7 Å². The Morgan fingerprint density at radius 2 is 1.55 bits per heavy atom. The number of benzene rings is 2. The standard InChI is InChI=1S/C35H52N2O3S.BrH/c1-4-6-7-8-9-10-11-12-13-14-15-16-23-40-33-21-20-31(26-34(33)39-3)28-37(35(38)5-2)32-19-17-18-30(25-32)27-36-22-24-41-29-36;/h17-22,24-26H,4-16,23,27-29H2,1-3H3;1H. The van der Waals surface area contributed by atoms with E-state index < -0.39 is 0 Å². The van der Waals surface area contributed by atoms with E-state index in [1.807, 2.05) is 42.2 Å². The zero-order chi connectivity index (χ0) is 29.1. The fraction of sp³-hybridized carbons (Fsp3) is 0.571. The number of nitrogens with zero attached hydrogens (tertiary/aromatic N) is 2. The molecule has 0 atom stereocenters. The summed E-state index contributed by atoms with van der Waals surface area (Å²) in [5.41, 5.74) is 3.14. The van der Waals surface area contributed by atoms with Crippen molar-refractivity contribution in [2.24, 2.45) is 0 Å². The maximum atomic E-state index is 13.0. The van der Waals surface area contributed by atoms with Gasteiger partial charge in [0.05, 0.1) is 26.1 Å². The van der Waals surface area contributed by atoms with Gasteiger partial charge in [0, 0.05) is 24.9 Å². The molecule has 2 aromatic rings. The Morgan fingerprint density at radius 3 is 2.17 bits per heavy atom. The molecule has 3 rings (SSSR count). The van der Waals surface area contributed by atoms with Crippen LogP contribution in [0.3, 0.4) is 0 Å². The second kappa shape index (κ2) is 21.6. The Morgan fingerprint density at radius 1 is 0.857 bits per heavy atom. The van der Waals surface area contributed by atoms with Gasteiger partial charge in [-0.25, -0.2) is 0 Å². The molecule has 5 nitrogen and oxygen atoms in total. The fourth-order valence-corrected chi connectivity index (χ4v) is 5.93. The molecule has 7 heteroatoms. The fourth-order valence-electron chi connectivity index (χ4n) is 5.22. The lowest BCUT2D eigenvalue weighted by molar-refractivity contribution is -0.118. The van der Waals surface area contributed by atoms with Crippen LogP contribution in [-0.2, 0) is 17.9 Å². The normalized spacial score (nSPS) is 12.3. The molecule has 0 radical (unpaired) electrons. The van der Waals surface area contributed by atoms with Gasteiger partial charge in [0.1, 0.15) is 0 Å². The second-order valence-corrected chi connectivity index (χ2v) is 11.9. The molecular formula is C35H53BrN2O3S. The van der Waals surface area contributed by atoms with Crippen molar-refractivity contribution in [1.82, 2.24) is 4.90 Å². The Labute approximate surface area is 270 Å². The molecule has 0 unspecified atom stereocenters. The maximum Gasteiger partial charge on any atom is 0.227 e. The quantitative estimate of drug-likeness (QED) is 0.125. The summed E-state index contributed by atoms with van der Waals surface area (Å²) in [6, 6.07) is 14.4. The molecule has 1 aliphatic rings. The van der Waals surface area contributed by atoms with Crippen LogP contribution in [0.1, 0.15) is 108 Å². The summed E-state index contributed by atoms with van der Waals surface area (Å²) in [5, 5.41) is 2.12. The van der Waals surface area contributed by atoms with Gasteiger partial charge >= 0.3 is 0 Å². The SMILES string of the molecule is Br.CCCCCCCCCCCCCCOc1ccc(CN(C(=O)CC)c2cccc(CN3C=CSC3)c2)cc1OC. The summed E-state index contributed by atoms with van der Waals surface area (Å²) < 4.78 is 11.8. The molecule has 234 valence electrons. The lowest BCUT2D eigenvalue weighted by Crippen LogP contribution is -2.29. The highest BCUT2D eigenvalue weighted by atomic mass is 79.9. The lowest BCUT2D eigenvalue weighted by Gasteiger charge is -2.24. The molecule has 1 heterocycles. The van der Waals surface area contributed by atoms with Gasteiger partial charge in [-0.2, -0.15) is 0 Å². The average molecular weight is 662 g/mol. The third-order valence-electron chi connectivity index (χ3n) is 7.64. The van der Waals surface area contributed by atoms with Gasteiger partial charge in [-0.3, -0.25) is 4.79 Å². The van der Waals surface area contributed by atoms with E-state index in [9.17, 15) is 4.79 Å². The van der Waals surface area contributed by atoms with Crippen LogP contribution < -0.4 is 14.4 Å². The van der Waals surface area contributed by atoms with Crippen molar-refractivity contribution in [2.45, 2.75) is 110 Å². The van der Waals surface area contributed by atoms with E-state index in [4.69, 9.17) is 9.47 Å². The van der Waals surface area contributed by atoms with Gasteiger partial charge in [-0.05, 0) is 47.2 Å². The van der Waals surface area contributed by atoms with Crippen molar-refractivity contribution < 1.29 is 14.3 Å². The zero-order valence-electron chi connectivity index (χ0n) is 26.2. The second-order valence-electron chi connectivity index (χ2n) is 11.1. The van der Waals surface area contributed by atoms with Crippen LogP contribution in [0.2, 0.25) is 0 Å². The van der Waals surface area contributed by atoms with Gasteiger partial charge < -0.3 is 19.3 Å². The van der Waals surface area contributed by atoms with Crippen LogP contribution in [0, 0.1) is 0 Å².